The van der Waals surface area contributed by atoms with Gasteiger partial charge in [-0.05, 0) is 30.5 Å². The third kappa shape index (κ3) is 3.93. The lowest BCUT2D eigenvalue weighted by Gasteiger charge is -2.32. The zero-order valence-electron chi connectivity index (χ0n) is 15.2. The largest absolute Gasteiger partial charge is 0.342 e. The molecular formula is C21H20N4O3. The number of hydrogen-bond acceptors (Lipinski definition) is 5. The smallest absolute Gasteiger partial charge is 0.251 e. The average Bonchev–Trinajstić information content (AvgIpc) is 3.27. The van der Waals surface area contributed by atoms with Gasteiger partial charge in [-0.2, -0.15) is 4.98 Å². The number of rotatable bonds is 5. The van der Waals surface area contributed by atoms with Crippen molar-refractivity contribution in [2.75, 3.05) is 6.54 Å². The summed E-state index contributed by atoms with van der Waals surface area (Å²) in [6, 6.07) is 16.3. The topological polar surface area (TPSA) is 88.3 Å². The van der Waals surface area contributed by atoms with Gasteiger partial charge in [-0.25, -0.2) is 0 Å². The van der Waals surface area contributed by atoms with Crippen molar-refractivity contribution in [3.05, 3.63) is 72.1 Å². The molecule has 3 aromatic rings. The second-order valence-corrected chi connectivity index (χ2v) is 6.75. The third-order valence-corrected chi connectivity index (χ3v) is 4.82. The van der Waals surface area contributed by atoms with Gasteiger partial charge >= 0.3 is 0 Å². The van der Waals surface area contributed by atoms with Crippen molar-refractivity contribution in [2.24, 2.45) is 0 Å². The number of likely N-dealkylation sites (tertiary alicyclic amines) is 1. The molecule has 0 saturated carbocycles. The Morgan fingerprint density at radius 2 is 1.93 bits per heavy atom. The summed E-state index contributed by atoms with van der Waals surface area (Å²) in [7, 11) is 0. The maximum Gasteiger partial charge on any atom is 0.251 e. The molecule has 1 saturated heterocycles. The Morgan fingerprint density at radius 1 is 1.14 bits per heavy atom. The molecule has 2 amide bonds. The number of benzene rings is 2. The first-order chi connectivity index (χ1) is 13.7. The standard InChI is InChI=1S/C21H20N4O3/c26-20(17-10-8-16(9-11-17)19-22-14-28-24-19)23-18-7-4-12-25(21(18)27)13-15-5-2-1-3-6-15/h1-3,5-6,8-11,14,18H,4,7,12-13H2,(H,23,26). The van der Waals surface area contributed by atoms with Crippen LogP contribution in [0.1, 0.15) is 28.8 Å². The molecule has 0 bridgehead atoms. The molecule has 0 radical (unpaired) electrons. The molecule has 2 aromatic carbocycles. The number of hydrogen-bond donors (Lipinski definition) is 1. The highest BCUT2D eigenvalue weighted by Crippen LogP contribution is 2.18. The molecule has 1 fully saturated rings. The van der Waals surface area contributed by atoms with Crippen molar-refractivity contribution in [1.29, 1.82) is 0 Å². The maximum absolute atomic E-state index is 12.8. The lowest BCUT2D eigenvalue weighted by Crippen LogP contribution is -2.51. The molecule has 1 aromatic heterocycles. The lowest BCUT2D eigenvalue weighted by molar-refractivity contribution is -0.136. The quantitative estimate of drug-likeness (QED) is 0.740. The van der Waals surface area contributed by atoms with Gasteiger partial charge in [-0.1, -0.05) is 47.6 Å². The first kappa shape index (κ1) is 17.9. The van der Waals surface area contributed by atoms with Crippen molar-refractivity contribution in [3.8, 4) is 11.4 Å². The fraction of sp³-hybridized carbons (Fsp3) is 0.238. The van der Waals surface area contributed by atoms with E-state index in [-0.39, 0.29) is 11.8 Å². The van der Waals surface area contributed by atoms with Crippen LogP contribution in [0.15, 0.2) is 65.5 Å². The predicted molar refractivity (Wildman–Crippen MR) is 102 cm³/mol. The van der Waals surface area contributed by atoms with Crippen molar-refractivity contribution in [3.63, 3.8) is 0 Å². The summed E-state index contributed by atoms with van der Waals surface area (Å²) >= 11 is 0. The van der Waals surface area contributed by atoms with Crippen LogP contribution in [-0.2, 0) is 11.3 Å². The Bertz CT molecular complexity index is 940. The minimum Gasteiger partial charge on any atom is -0.342 e. The Labute approximate surface area is 162 Å². The van der Waals surface area contributed by atoms with Crippen LogP contribution in [0.25, 0.3) is 11.4 Å². The van der Waals surface area contributed by atoms with Gasteiger partial charge in [0.25, 0.3) is 5.91 Å². The van der Waals surface area contributed by atoms with Crippen LogP contribution in [-0.4, -0.2) is 39.4 Å². The Hall–Kier alpha value is -3.48. The summed E-state index contributed by atoms with van der Waals surface area (Å²) < 4.78 is 4.73. The zero-order valence-corrected chi connectivity index (χ0v) is 15.2. The van der Waals surface area contributed by atoms with E-state index < -0.39 is 6.04 Å². The van der Waals surface area contributed by atoms with E-state index in [1.807, 2.05) is 35.2 Å². The van der Waals surface area contributed by atoms with E-state index in [1.54, 1.807) is 24.3 Å². The molecule has 4 rings (SSSR count). The minimum atomic E-state index is -0.498. The van der Waals surface area contributed by atoms with E-state index in [0.29, 0.717) is 30.9 Å². The van der Waals surface area contributed by atoms with Gasteiger partial charge in [0.05, 0.1) is 0 Å². The van der Waals surface area contributed by atoms with Gasteiger partial charge in [0, 0.05) is 24.2 Å². The maximum atomic E-state index is 12.8. The number of piperidine rings is 1. The third-order valence-electron chi connectivity index (χ3n) is 4.82. The average molecular weight is 376 g/mol. The number of amides is 2. The second-order valence-electron chi connectivity index (χ2n) is 6.75. The lowest BCUT2D eigenvalue weighted by atomic mass is 10.0. The first-order valence-corrected chi connectivity index (χ1v) is 9.21. The van der Waals surface area contributed by atoms with Crippen LogP contribution in [0, 0.1) is 0 Å². The molecule has 1 aliphatic rings. The Morgan fingerprint density at radius 3 is 2.64 bits per heavy atom. The molecule has 0 aliphatic carbocycles. The number of carbonyl (C=O) groups excluding carboxylic acids is 2. The van der Waals surface area contributed by atoms with Gasteiger partial charge in [0.1, 0.15) is 6.04 Å². The molecule has 7 nitrogen and oxygen atoms in total. The SMILES string of the molecule is O=C(NC1CCCN(Cc2ccccc2)C1=O)c1ccc(-c2ncon2)cc1. The highest BCUT2D eigenvalue weighted by Gasteiger charge is 2.30. The molecule has 1 unspecified atom stereocenters. The van der Waals surface area contributed by atoms with Crippen molar-refractivity contribution in [2.45, 2.75) is 25.4 Å². The molecule has 1 N–H and O–H groups in total. The zero-order chi connectivity index (χ0) is 19.3. The Balaban J connectivity index is 1.40. The summed E-state index contributed by atoms with van der Waals surface area (Å²) in [5.41, 5.74) is 2.33. The molecular weight excluding hydrogens is 356 g/mol. The molecule has 1 aliphatic heterocycles. The normalized spacial score (nSPS) is 16.8. The van der Waals surface area contributed by atoms with E-state index >= 15 is 0 Å². The van der Waals surface area contributed by atoms with E-state index in [9.17, 15) is 9.59 Å². The van der Waals surface area contributed by atoms with E-state index in [0.717, 1.165) is 17.5 Å². The van der Waals surface area contributed by atoms with Crippen LogP contribution in [0.2, 0.25) is 0 Å². The van der Waals surface area contributed by atoms with Gasteiger partial charge in [0.15, 0.2) is 0 Å². The number of aromatic nitrogens is 2. The first-order valence-electron chi connectivity index (χ1n) is 9.21. The molecule has 0 spiro atoms. The van der Waals surface area contributed by atoms with Crippen molar-refractivity contribution >= 4 is 11.8 Å². The Kier molecular flexibility index (Phi) is 5.14. The van der Waals surface area contributed by atoms with Crippen LogP contribution >= 0.6 is 0 Å². The summed E-state index contributed by atoms with van der Waals surface area (Å²) in [6.45, 7) is 1.27. The highest BCUT2D eigenvalue weighted by molar-refractivity contribution is 5.98. The van der Waals surface area contributed by atoms with E-state index in [2.05, 4.69) is 15.5 Å². The van der Waals surface area contributed by atoms with Crippen LogP contribution in [0.4, 0.5) is 0 Å². The molecule has 2 heterocycles. The molecule has 28 heavy (non-hydrogen) atoms. The fourth-order valence-electron chi connectivity index (χ4n) is 3.35. The van der Waals surface area contributed by atoms with E-state index in [4.69, 9.17) is 4.52 Å². The summed E-state index contributed by atoms with van der Waals surface area (Å²) in [4.78, 5) is 31.2. The second kappa shape index (κ2) is 8.04. The monoisotopic (exact) mass is 376 g/mol. The van der Waals surface area contributed by atoms with Gasteiger partial charge in [0.2, 0.25) is 18.1 Å². The van der Waals surface area contributed by atoms with Crippen LogP contribution in [0.3, 0.4) is 0 Å². The molecule has 1 atom stereocenters. The summed E-state index contributed by atoms with van der Waals surface area (Å²) in [5, 5.41) is 6.65. The summed E-state index contributed by atoms with van der Waals surface area (Å²) in [5.74, 6) is 0.164. The van der Waals surface area contributed by atoms with E-state index in [1.165, 1.54) is 6.39 Å². The van der Waals surface area contributed by atoms with Crippen LogP contribution in [0.5, 0.6) is 0 Å². The molecule has 142 valence electrons. The number of nitrogens with zero attached hydrogens (tertiary/aromatic N) is 3. The highest BCUT2D eigenvalue weighted by atomic mass is 16.5. The molecule has 7 heteroatoms. The number of nitrogens with one attached hydrogen (secondary N) is 1. The number of carbonyl (C=O) groups is 2. The summed E-state index contributed by atoms with van der Waals surface area (Å²) in [6.07, 6.45) is 2.77. The van der Waals surface area contributed by atoms with Crippen molar-refractivity contribution < 1.29 is 14.1 Å². The predicted octanol–water partition coefficient (Wildman–Crippen LogP) is 2.66. The fourth-order valence-corrected chi connectivity index (χ4v) is 3.35. The van der Waals surface area contributed by atoms with Gasteiger partial charge in [-0.15, -0.1) is 0 Å². The van der Waals surface area contributed by atoms with Gasteiger partial charge < -0.3 is 14.7 Å². The van der Waals surface area contributed by atoms with Crippen LogP contribution < -0.4 is 5.32 Å². The van der Waals surface area contributed by atoms with Gasteiger partial charge in [-0.3, -0.25) is 9.59 Å². The van der Waals surface area contributed by atoms with Crippen molar-refractivity contribution in [1.82, 2.24) is 20.4 Å². The minimum absolute atomic E-state index is 0.0353.